The van der Waals surface area contributed by atoms with Gasteiger partial charge in [-0.2, -0.15) is 0 Å². The van der Waals surface area contributed by atoms with Crippen molar-refractivity contribution in [3.63, 3.8) is 0 Å². The maximum absolute atomic E-state index is 13.0. The van der Waals surface area contributed by atoms with Crippen molar-refractivity contribution in [3.8, 4) is 0 Å². The number of nitrogens with one attached hydrogen (secondary N) is 2. The van der Waals surface area contributed by atoms with Crippen LogP contribution in [0, 0.1) is 0 Å². The van der Waals surface area contributed by atoms with Crippen LogP contribution in [0.2, 0.25) is 0 Å². The zero-order valence-electron chi connectivity index (χ0n) is 29.5. The lowest BCUT2D eigenvalue weighted by molar-refractivity contribution is -0.381. The van der Waals surface area contributed by atoms with E-state index in [4.69, 9.17) is 23.7 Å². The first-order valence-electron chi connectivity index (χ1n) is 17.5. The fourth-order valence-electron chi connectivity index (χ4n) is 6.55. The average molecular weight is 791 g/mol. The van der Waals surface area contributed by atoms with Gasteiger partial charge in [0.2, 0.25) is 11.8 Å². The number of hydrogen-bond acceptors (Lipinski definition) is 18. The van der Waals surface area contributed by atoms with Crippen LogP contribution in [0.25, 0.3) is 0 Å². The fourth-order valence-corrected chi connectivity index (χ4v) is 6.55. The number of carboxylic acid groups (broad SMARTS) is 1. The van der Waals surface area contributed by atoms with Gasteiger partial charge in [-0.15, -0.1) is 6.58 Å². The third kappa shape index (κ3) is 10.4. The lowest BCUT2D eigenvalue weighted by Crippen LogP contribution is -2.71. The number of hydrogen-bond donors (Lipinski definition) is 13. The molecule has 0 spiro atoms. The predicted molar refractivity (Wildman–Crippen MR) is 180 cm³/mol. The van der Waals surface area contributed by atoms with Gasteiger partial charge in [0.15, 0.2) is 12.5 Å². The van der Waals surface area contributed by atoms with Gasteiger partial charge in [-0.3, -0.25) is 9.59 Å². The maximum Gasteiger partial charge on any atom is 0.364 e. The van der Waals surface area contributed by atoms with Gasteiger partial charge in [-0.05, 0) is 12.0 Å². The molecule has 21 heteroatoms. The molecule has 21 nitrogen and oxygen atoms in total. The summed E-state index contributed by atoms with van der Waals surface area (Å²) in [5.74, 6) is -6.35. The smallest absolute Gasteiger partial charge is 0.364 e. The highest BCUT2D eigenvalue weighted by atomic mass is 16.8. The van der Waals surface area contributed by atoms with E-state index in [1.54, 1.807) is 30.3 Å². The van der Waals surface area contributed by atoms with Crippen LogP contribution in [-0.4, -0.2) is 191 Å². The largest absolute Gasteiger partial charge is 0.477 e. The van der Waals surface area contributed by atoms with E-state index >= 15 is 0 Å². The summed E-state index contributed by atoms with van der Waals surface area (Å²) < 4.78 is 28.1. The molecule has 0 unspecified atom stereocenters. The molecular weight excluding hydrogens is 740 g/mol. The minimum Gasteiger partial charge on any atom is -0.477 e. The SMILES string of the molecule is C=CCCC(=O)N[C@@H]1O[C@H](CO)[C@@H](O[C@@H]2O[C@H](CO)[C@H](O)[C@H](O[C@]3(C(=O)O)C[C@H](O)[C@@H](NC(=O)Cc4ccccc4)[C@H]([C@H](O)[C@H](O)CO)O3)[C@H]2O)[C@H](O)[C@H]1O. The zero-order valence-corrected chi connectivity index (χ0v) is 29.5. The lowest BCUT2D eigenvalue weighted by Gasteiger charge is -2.50. The van der Waals surface area contributed by atoms with E-state index in [2.05, 4.69) is 17.2 Å². The Kier molecular flexibility index (Phi) is 16.0. The van der Waals surface area contributed by atoms with E-state index in [1.165, 1.54) is 6.08 Å². The van der Waals surface area contributed by atoms with Gasteiger partial charge >= 0.3 is 5.97 Å². The first kappa shape index (κ1) is 44.5. The molecule has 13 N–H and O–H groups in total. The highest BCUT2D eigenvalue weighted by Gasteiger charge is 2.60. The number of aliphatic hydroxyl groups is 10. The summed E-state index contributed by atoms with van der Waals surface area (Å²) in [6.07, 6.45) is -26.3. The highest BCUT2D eigenvalue weighted by molar-refractivity contribution is 5.79. The van der Waals surface area contributed by atoms with Gasteiger partial charge in [-0.25, -0.2) is 4.79 Å². The van der Waals surface area contributed by atoms with Gasteiger partial charge in [-0.1, -0.05) is 36.4 Å². The van der Waals surface area contributed by atoms with Crippen molar-refractivity contribution in [1.29, 1.82) is 0 Å². The van der Waals surface area contributed by atoms with Crippen LogP contribution in [0.4, 0.5) is 0 Å². The quantitative estimate of drug-likeness (QED) is 0.0653. The second-order valence-corrected chi connectivity index (χ2v) is 13.5. The van der Waals surface area contributed by atoms with Gasteiger partial charge in [0.1, 0.15) is 67.1 Å². The number of benzene rings is 1. The van der Waals surface area contributed by atoms with Crippen LogP contribution in [0.5, 0.6) is 0 Å². The molecule has 0 aromatic heterocycles. The fraction of sp³-hybridized carbons (Fsp3) is 0.676. The molecule has 3 aliphatic rings. The van der Waals surface area contributed by atoms with Gasteiger partial charge in [0.25, 0.3) is 5.79 Å². The monoisotopic (exact) mass is 790 g/mol. The summed E-state index contributed by atoms with van der Waals surface area (Å²) in [5.41, 5.74) is 0.553. The first-order chi connectivity index (χ1) is 26.1. The van der Waals surface area contributed by atoms with Crippen LogP contribution in [-0.2, 0) is 44.5 Å². The number of ether oxygens (including phenoxy) is 5. The standard InChI is InChI=1S/C34H50N2O19/c1-2-3-9-20(42)36-31-26(47)25(46)28(19(14-39)51-31)53-32-27(48)30(24(45)18(13-38)52-32)55-34(33(49)50)11-16(40)22(29(54-34)23(44)17(41)12-37)35-21(43)10-15-7-5-4-6-8-15/h2,4-8,16-19,22-32,37-41,44-48H,1,3,9-14H2,(H,35,43)(H,36,42)(H,49,50)/t16-,17+,18+,19+,22+,23+,24-,25+,26+,27+,28+,29+,30-,31+,32-,34-/m0/s1. The number of rotatable bonds is 17. The third-order valence-corrected chi connectivity index (χ3v) is 9.53. The number of amides is 2. The number of carbonyl (C=O) groups is 3. The minimum absolute atomic E-state index is 0.0336. The molecule has 3 heterocycles. The van der Waals surface area contributed by atoms with Crippen molar-refractivity contribution >= 4 is 17.8 Å². The molecule has 3 fully saturated rings. The molecule has 2 amide bonds. The van der Waals surface area contributed by atoms with Gasteiger partial charge in [0, 0.05) is 12.8 Å². The Morgan fingerprint density at radius 3 is 2.16 bits per heavy atom. The summed E-state index contributed by atoms with van der Waals surface area (Å²) in [4.78, 5) is 38.1. The Morgan fingerprint density at radius 2 is 1.56 bits per heavy atom. The molecule has 3 saturated heterocycles. The van der Waals surface area contributed by atoms with Crippen molar-refractivity contribution in [3.05, 3.63) is 48.6 Å². The molecule has 1 aromatic rings. The van der Waals surface area contributed by atoms with Crippen LogP contribution >= 0.6 is 0 Å². The number of aliphatic carboxylic acids is 1. The summed E-state index contributed by atoms with van der Waals surface area (Å²) >= 11 is 0. The molecule has 0 bridgehead atoms. The Labute approximate surface area is 314 Å². The summed E-state index contributed by atoms with van der Waals surface area (Å²) in [5, 5.41) is 122. The van der Waals surface area contributed by atoms with Crippen LogP contribution < -0.4 is 10.6 Å². The summed E-state index contributed by atoms with van der Waals surface area (Å²) in [6, 6.07) is 6.71. The van der Waals surface area contributed by atoms with E-state index in [0.717, 1.165) is 0 Å². The number of allylic oxidation sites excluding steroid dienone is 1. The van der Waals surface area contributed by atoms with Crippen LogP contribution in [0.1, 0.15) is 24.8 Å². The van der Waals surface area contributed by atoms with E-state index in [1.807, 2.05) is 0 Å². The molecular formula is C34H50N2O19. The second kappa shape index (κ2) is 19.8. The normalized spacial score (nSPS) is 37.7. The minimum atomic E-state index is -3.08. The number of carboxylic acids is 1. The summed E-state index contributed by atoms with van der Waals surface area (Å²) in [7, 11) is 0. The molecule has 4 rings (SSSR count). The Bertz CT molecular complexity index is 1420. The Balaban J connectivity index is 1.58. The molecule has 16 atom stereocenters. The Morgan fingerprint density at radius 1 is 0.891 bits per heavy atom. The van der Waals surface area contributed by atoms with E-state index < -0.39 is 142 Å². The average Bonchev–Trinajstić information content (AvgIpc) is 3.16. The molecule has 0 saturated carbocycles. The highest BCUT2D eigenvalue weighted by Crippen LogP contribution is 2.38. The molecule has 0 aliphatic carbocycles. The summed E-state index contributed by atoms with van der Waals surface area (Å²) in [6.45, 7) is 0.569. The zero-order chi connectivity index (χ0) is 40.6. The number of aliphatic hydroxyl groups excluding tert-OH is 10. The van der Waals surface area contributed by atoms with E-state index in [9.17, 15) is 70.6 Å². The maximum atomic E-state index is 13.0. The Hall–Kier alpha value is -3.23. The van der Waals surface area contributed by atoms with Crippen molar-refractivity contribution < 1.29 is 94.2 Å². The second-order valence-electron chi connectivity index (χ2n) is 13.5. The lowest BCUT2D eigenvalue weighted by atomic mass is 9.88. The van der Waals surface area contributed by atoms with Crippen LogP contribution in [0.3, 0.4) is 0 Å². The molecule has 3 aliphatic heterocycles. The molecule has 1 aromatic carbocycles. The van der Waals surface area contributed by atoms with Crippen molar-refractivity contribution in [2.75, 3.05) is 19.8 Å². The topological polar surface area (TPSA) is 344 Å². The number of carbonyl (C=O) groups excluding carboxylic acids is 2. The van der Waals surface area contributed by atoms with Crippen molar-refractivity contribution in [2.24, 2.45) is 0 Å². The molecule has 310 valence electrons. The van der Waals surface area contributed by atoms with Crippen molar-refractivity contribution in [2.45, 2.75) is 123 Å². The van der Waals surface area contributed by atoms with E-state index in [0.29, 0.717) is 5.56 Å². The predicted octanol–water partition coefficient (Wildman–Crippen LogP) is -5.91. The molecule has 55 heavy (non-hydrogen) atoms. The van der Waals surface area contributed by atoms with Crippen LogP contribution in [0.15, 0.2) is 43.0 Å². The molecule has 0 radical (unpaired) electrons. The van der Waals surface area contributed by atoms with Crippen molar-refractivity contribution in [1.82, 2.24) is 10.6 Å². The van der Waals surface area contributed by atoms with Gasteiger partial charge < -0.3 is 90.5 Å². The van der Waals surface area contributed by atoms with E-state index in [-0.39, 0.29) is 19.3 Å². The van der Waals surface area contributed by atoms with Gasteiger partial charge in [0.05, 0.1) is 38.4 Å². The third-order valence-electron chi connectivity index (χ3n) is 9.53. The first-order valence-corrected chi connectivity index (χ1v) is 17.5.